The molecule has 1 heterocycles. The van der Waals surface area contributed by atoms with Crippen LogP contribution in [0.3, 0.4) is 0 Å². The van der Waals surface area contributed by atoms with Crippen LogP contribution >= 0.6 is 11.6 Å². The monoisotopic (exact) mass is 485 g/mol. The number of fused-ring (bicyclic) bond motifs is 1. The lowest BCUT2D eigenvalue weighted by Crippen LogP contribution is -2.15. The molecule has 0 aliphatic rings. The molecular formula is C29H24ClNO4. The summed E-state index contributed by atoms with van der Waals surface area (Å²) in [6.45, 7) is 4.21. The standard InChI is InChI=1S/C29H24ClNO4/c1-2-17-34-28(19-35-27-6-4-3-5-25(27)29(32)33)22-10-7-20(8-11-22)9-15-24-16-13-21-12-14-23(30)18-26(21)31-24/h2-16,18,28H,1,17,19H2,(H,32,33)/b15-9+. The summed E-state index contributed by atoms with van der Waals surface area (Å²) in [6.07, 6.45) is 5.22. The Balaban J connectivity index is 1.47. The van der Waals surface area contributed by atoms with Crippen molar-refractivity contribution in [1.29, 1.82) is 0 Å². The maximum Gasteiger partial charge on any atom is 0.339 e. The molecule has 0 bridgehead atoms. The van der Waals surface area contributed by atoms with E-state index >= 15 is 0 Å². The van der Waals surface area contributed by atoms with E-state index in [1.54, 1.807) is 24.3 Å². The second-order valence-electron chi connectivity index (χ2n) is 7.80. The summed E-state index contributed by atoms with van der Waals surface area (Å²) in [5, 5.41) is 11.1. The number of pyridine rings is 1. The summed E-state index contributed by atoms with van der Waals surface area (Å²) < 4.78 is 11.7. The smallest absolute Gasteiger partial charge is 0.339 e. The number of aromatic carboxylic acids is 1. The van der Waals surface area contributed by atoms with Crippen LogP contribution in [0.25, 0.3) is 23.1 Å². The van der Waals surface area contributed by atoms with E-state index in [-0.39, 0.29) is 18.3 Å². The van der Waals surface area contributed by atoms with Gasteiger partial charge >= 0.3 is 5.97 Å². The molecule has 0 saturated heterocycles. The predicted octanol–water partition coefficient (Wildman–Crippen LogP) is 7.08. The van der Waals surface area contributed by atoms with E-state index in [4.69, 9.17) is 21.1 Å². The molecule has 0 fully saturated rings. The lowest BCUT2D eigenvalue weighted by Gasteiger charge is -2.19. The molecule has 0 spiro atoms. The third-order valence-corrected chi connectivity index (χ3v) is 5.59. The lowest BCUT2D eigenvalue weighted by molar-refractivity contribution is 0.0348. The van der Waals surface area contributed by atoms with E-state index in [9.17, 15) is 9.90 Å². The number of halogens is 1. The molecular weight excluding hydrogens is 462 g/mol. The second kappa shape index (κ2) is 11.5. The molecule has 1 unspecified atom stereocenters. The van der Waals surface area contributed by atoms with Crippen molar-refractivity contribution in [2.24, 2.45) is 0 Å². The molecule has 4 rings (SSSR count). The minimum atomic E-state index is -1.04. The van der Waals surface area contributed by atoms with Gasteiger partial charge in [-0.25, -0.2) is 9.78 Å². The summed E-state index contributed by atoms with van der Waals surface area (Å²) in [4.78, 5) is 16.1. The number of hydrogen-bond donors (Lipinski definition) is 1. The first-order valence-electron chi connectivity index (χ1n) is 11.1. The molecule has 5 nitrogen and oxygen atoms in total. The van der Waals surface area contributed by atoms with Crippen LogP contribution in [0.5, 0.6) is 5.75 Å². The fourth-order valence-corrected chi connectivity index (χ4v) is 3.73. The zero-order valence-electron chi connectivity index (χ0n) is 18.9. The summed E-state index contributed by atoms with van der Waals surface area (Å²) in [5.41, 5.74) is 3.71. The van der Waals surface area contributed by atoms with Gasteiger partial charge in [-0.2, -0.15) is 0 Å². The van der Waals surface area contributed by atoms with Gasteiger partial charge in [0.05, 0.1) is 17.8 Å². The van der Waals surface area contributed by atoms with Crippen molar-refractivity contribution in [3.05, 3.63) is 119 Å². The Morgan fingerprint density at radius 1 is 1.03 bits per heavy atom. The van der Waals surface area contributed by atoms with Crippen LogP contribution in [-0.4, -0.2) is 29.3 Å². The van der Waals surface area contributed by atoms with Gasteiger partial charge < -0.3 is 14.6 Å². The van der Waals surface area contributed by atoms with Crippen LogP contribution in [-0.2, 0) is 4.74 Å². The number of para-hydroxylation sites is 1. The van der Waals surface area contributed by atoms with Crippen molar-refractivity contribution < 1.29 is 19.4 Å². The first kappa shape index (κ1) is 24.2. The molecule has 0 aliphatic heterocycles. The third-order valence-electron chi connectivity index (χ3n) is 5.35. The van der Waals surface area contributed by atoms with Crippen LogP contribution in [0.1, 0.15) is 33.3 Å². The highest BCUT2D eigenvalue weighted by Crippen LogP contribution is 2.24. The number of nitrogens with zero attached hydrogens (tertiary/aromatic N) is 1. The molecule has 35 heavy (non-hydrogen) atoms. The Labute approximate surface area is 208 Å². The number of carboxylic acids is 1. The summed E-state index contributed by atoms with van der Waals surface area (Å²) in [6, 6.07) is 24.1. The van der Waals surface area contributed by atoms with E-state index in [0.717, 1.165) is 27.7 Å². The highest BCUT2D eigenvalue weighted by molar-refractivity contribution is 6.31. The molecule has 3 aromatic carbocycles. The molecule has 1 N–H and O–H groups in total. The molecule has 0 aliphatic carbocycles. The number of hydrogen-bond acceptors (Lipinski definition) is 4. The zero-order chi connectivity index (χ0) is 24.6. The molecule has 176 valence electrons. The van der Waals surface area contributed by atoms with Gasteiger partial charge in [0, 0.05) is 10.4 Å². The lowest BCUT2D eigenvalue weighted by atomic mass is 10.1. The summed E-state index contributed by atoms with van der Waals surface area (Å²) in [5.74, 6) is -0.736. The van der Waals surface area contributed by atoms with E-state index in [0.29, 0.717) is 17.4 Å². The fraction of sp³-hybridized carbons (Fsp3) is 0.103. The van der Waals surface area contributed by atoms with Crippen LogP contribution in [0.15, 0.2) is 91.5 Å². The van der Waals surface area contributed by atoms with Crippen molar-refractivity contribution in [2.45, 2.75) is 6.10 Å². The van der Waals surface area contributed by atoms with Gasteiger partial charge in [0.2, 0.25) is 0 Å². The quantitative estimate of drug-likeness (QED) is 0.243. The summed E-state index contributed by atoms with van der Waals surface area (Å²) >= 11 is 6.09. The molecule has 1 aromatic heterocycles. The van der Waals surface area contributed by atoms with Crippen LogP contribution in [0.4, 0.5) is 0 Å². The molecule has 4 aromatic rings. The largest absolute Gasteiger partial charge is 0.490 e. The Kier molecular flexibility index (Phi) is 7.93. The topological polar surface area (TPSA) is 68.7 Å². The average Bonchev–Trinajstić information content (AvgIpc) is 2.88. The number of carbonyl (C=O) groups is 1. The van der Waals surface area contributed by atoms with Crippen LogP contribution in [0.2, 0.25) is 5.02 Å². The Morgan fingerprint density at radius 2 is 1.80 bits per heavy atom. The number of benzene rings is 3. The molecule has 0 radical (unpaired) electrons. The van der Waals surface area contributed by atoms with Crippen molar-refractivity contribution in [3.8, 4) is 5.75 Å². The van der Waals surface area contributed by atoms with E-state index < -0.39 is 5.97 Å². The van der Waals surface area contributed by atoms with Gasteiger partial charge in [-0.05, 0) is 47.5 Å². The minimum Gasteiger partial charge on any atom is -0.490 e. The molecule has 0 saturated carbocycles. The van der Waals surface area contributed by atoms with Gasteiger partial charge in [-0.15, -0.1) is 6.58 Å². The van der Waals surface area contributed by atoms with Gasteiger partial charge in [-0.3, -0.25) is 0 Å². The number of rotatable bonds is 10. The van der Waals surface area contributed by atoms with E-state index in [1.807, 2.05) is 66.7 Å². The normalized spacial score (nSPS) is 12.0. The Hall–Kier alpha value is -3.93. The zero-order valence-corrected chi connectivity index (χ0v) is 19.7. The van der Waals surface area contributed by atoms with Gasteiger partial charge in [0.15, 0.2) is 0 Å². The molecule has 1 atom stereocenters. The maximum absolute atomic E-state index is 11.4. The highest BCUT2D eigenvalue weighted by atomic mass is 35.5. The van der Waals surface area contributed by atoms with Gasteiger partial charge in [0.1, 0.15) is 24.0 Å². The van der Waals surface area contributed by atoms with Gasteiger partial charge in [-0.1, -0.05) is 72.3 Å². The third kappa shape index (κ3) is 6.35. The van der Waals surface area contributed by atoms with Crippen molar-refractivity contribution >= 4 is 40.6 Å². The minimum absolute atomic E-state index is 0.111. The number of carboxylic acid groups (broad SMARTS) is 1. The SMILES string of the molecule is C=CCOC(COc1ccccc1C(=O)O)c1ccc(/C=C/c2ccc3ccc(Cl)cc3n2)cc1. The van der Waals surface area contributed by atoms with Crippen LogP contribution < -0.4 is 4.74 Å². The van der Waals surface area contributed by atoms with Crippen molar-refractivity contribution in [1.82, 2.24) is 4.98 Å². The highest BCUT2D eigenvalue weighted by Gasteiger charge is 2.16. The van der Waals surface area contributed by atoms with Crippen molar-refractivity contribution in [3.63, 3.8) is 0 Å². The van der Waals surface area contributed by atoms with E-state index in [2.05, 4.69) is 11.6 Å². The molecule has 6 heteroatoms. The average molecular weight is 486 g/mol. The number of ether oxygens (including phenoxy) is 2. The van der Waals surface area contributed by atoms with E-state index in [1.165, 1.54) is 6.07 Å². The first-order chi connectivity index (χ1) is 17.0. The predicted molar refractivity (Wildman–Crippen MR) is 140 cm³/mol. The van der Waals surface area contributed by atoms with Crippen molar-refractivity contribution in [2.75, 3.05) is 13.2 Å². The molecule has 0 amide bonds. The van der Waals surface area contributed by atoms with Gasteiger partial charge in [0.25, 0.3) is 0 Å². The Morgan fingerprint density at radius 3 is 2.57 bits per heavy atom. The second-order valence-corrected chi connectivity index (χ2v) is 8.23. The van der Waals surface area contributed by atoms with Crippen LogP contribution in [0, 0.1) is 0 Å². The Bertz CT molecular complexity index is 1360. The maximum atomic E-state index is 11.4. The number of aromatic nitrogens is 1. The summed E-state index contributed by atoms with van der Waals surface area (Å²) in [7, 11) is 0. The first-order valence-corrected chi connectivity index (χ1v) is 11.4. The fourth-order valence-electron chi connectivity index (χ4n) is 3.56.